The van der Waals surface area contributed by atoms with Gasteiger partial charge in [0, 0.05) is 24.5 Å². The van der Waals surface area contributed by atoms with Crippen molar-refractivity contribution in [2.45, 2.75) is 19.8 Å². The van der Waals surface area contributed by atoms with Crippen molar-refractivity contribution >= 4 is 16.5 Å². The molecule has 0 aliphatic rings. The number of nitrogens with one attached hydrogen (secondary N) is 1. The number of aromatic nitrogens is 3. The van der Waals surface area contributed by atoms with Crippen molar-refractivity contribution in [1.82, 2.24) is 15.2 Å². The van der Waals surface area contributed by atoms with Crippen molar-refractivity contribution < 1.29 is 0 Å². The van der Waals surface area contributed by atoms with E-state index in [1.165, 1.54) is 6.42 Å². The molecular weight excluding hydrogens is 220 g/mol. The molecule has 2 aromatic heterocycles. The van der Waals surface area contributed by atoms with Crippen LogP contribution in [0.5, 0.6) is 0 Å². The van der Waals surface area contributed by atoms with Crippen molar-refractivity contribution in [1.29, 1.82) is 0 Å². The van der Waals surface area contributed by atoms with E-state index in [4.69, 9.17) is 0 Å². The Kier molecular flexibility index (Phi) is 3.82. The Morgan fingerprint density at radius 3 is 3.06 bits per heavy atom. The molecule has 2 heterocycles. The summed E-state index contributed by atoms with van der Waals surface area (Å²) in [5.41, 5.74) is 1.02. The second kappa shape index (κ2) is 5.55. The Bertz CT molecular complexity index is 427. The first-order valence-electron chi connectivity index (χ1n) is 5.38. The maximum absolute atomic E-state index is 4.13. The molecule has 0 radical (unpaired) electrons. The van der Waals surface area contributed by atoms with Crippen molar-refractivity contribution in [2.24, 2.45) is 0 Å². The van der Waals surface area contributed by atoms with E-state index in [-0.39, 0.29) is 0 Å². The van der Waals surface area contributed by atoms with Crippen molar-refractivity contribution in [3.8, 4) is 10.6 Å². The number of unbranched alkanes of at least 4 members (excludes halogenated alkanes) is 1. The predicted octanol–water partition coefficient (Wildman–Crippen LogP) is 2.81. The summed E-state index contributed by atoms with van der Waals surface area (Å²) in [6.07, 6.45) is 5.89. The van der Waals surface area contributed by atoms with Crippen LogP contribution in [-0.2, 0) is 0 Å². The van der Waals surface area contributed by atoms with Crippen LogP contribution in [0.1, 0.15) is 19.8 Å². The van der Waals surface area contributed by atoms with Gasteiger partial charge in [-0.05, 0) is 18.6 Å². The summed E-state index contributed by atoms with van der Waals surface area (Å²) >= 11 is 1.56. The Morgan fingerprint density at radius 2 is 2.31 bits per heavy atom. The summed E-state index contributed by atoms with van der Waals surface area (Å²) in [7, 11) is 0. The van der Waals surface area contributed by atoms with Gasteiger partial charge in [0.05, 0.1) is 0 Å². The summed E-state index contributed by atoms with van der Waals surface area (Å²) < 4.78 is 0. The lowest BCUT2D eigenvalue weighted by Gasteiger charge is -1.97. The van der Waals surface area contributed by atoms with E-state index in [2.05, 4.69) is 27.4 Å². The van der Waals surface area contributed by atoms with Crippen molar-refractivity contribution in [2.75, 3.05) is 11.9 Å². The van der Waals surface area contributed by atoms with Gasteiger partial charge in [-0.3, -0.25) is 4.98 Å². The second-order valence-electron chi connectivity index (χ2n) is 3.43. The zero-order valence-electron chi connectivity index (χ0n) is 9.18. The van der Waals surface area contributed by atoms with Gasteiger partial charge in [-0.2, -0.15) is 0 Å². The Labute approximate surface area is 98.8 Å². The molecule has 0 atom stereocenters. The summed E-state index contributed by atoms with van der Waals surface area (Å²) in [6.45, 7) is 3.13. The molecule has 0 aliphatic heterocycles. The van der Waals surface area contributed by atoms with Crippen LogP contribution in [0.4, 0.5) is 5.13 Å². The number of anilines is 1. The third-order valence-electron chi connectivity index (χ3n) is 2.14. The van der Waals surface area contributed by atoms with Crippen LogP contribution in [0.25, 0.3) is 10.6 Å². The van der Waals surface area contributed by atoms with Crippen LogP contribution in [0.3, 0.4) is 0 Å². The van der Waals surface area contributed by atoms with Gasteiger partial charge in [-0.1, -0.05) is 24.7 Å². The lowest BCUT2D eigenvalue weighted by molar-refractivity contribution is 0.831. The van der Waals surface area contributed by atoms with Crippen LogP contribution in [0.2, 0.25) is 0 Å². The quantitative estimate of drug-likeness (QED) is 0.808. The Morgan fingerprint density at radius 1 is 1.38 bits per heavy atom. The van der Waals surface area contributed by atoms with Gasteiger partial charge in [0.2, 0.25) is 5.13 Å². The number of rotatable bonds is 5. The van der Waals surface area contributed by atoms with Gasteiger partial charge < -0.3 is 5.32 Å². The van der Waals surface area contributed by atoms with E-state index in [9.17, 15) is 0 Å². The molecule has 1 N–H and O–H groups in total. The molecule has 0 aromatic carbocycles. The van der Waals surface area contributed by atoms with Gasteiger partial charge in [0.1, 0.15) is 0 Å². The predicted molar refractivity (Wildman–Crippen MR) is 66.5 cm³/mol. The number of pyridine rings is 1. The number of hydrogen-bond donors (Lipinski definition) is 1. The molecule has 0 fully saturated rings. The highest BCUT2D eigenvalue weighted by molar-refractivity contribution is 7.18. The molecule has 0 amide bonds. The van der Waals surface area contributed by atoms with Crippen LogP contribution in [0, 0.1) is 0 Å². The molecule has 4 nitrogen and oxygen atoms in total. The van der Waals surface area contributed by atoms with E-state index in [0.717, 1.165) is 28.7 Å². The molecule has 0 unspecified atom stereocenters. The van der Waals surface area contributed by atoms with Gasteiger partial charge >= 0.3 is 0 Å². The van der Waals surface area contributed by atoms with E-state index in [1.54, 1.807) is 23.7 Å². The fourth-order valence-electron chi connectivity index (χ4n) is 1.27. The van der Waals surface area contributed by atoms with Gasteiger partial charge in [-0.15, -0.1) is 10.2 Å². The molecule has 2 rings (SSSR count). The minimum Gasteiger partial charge on any atom is -0.360 e. The second-order valence-corrected chi connectivity index (χ2v) is 4.41. The minimum atomic E-state index is 0.882. The maximum Gasteiger partial charge on any atom is 0.206 e. The molecule has 2 aromatic rings. The summed E-state index contributed by atoms with van der Waals surface area (Å²) in [4.78, 5) is 4.06. The molecule has 16 heavy (non-hydrogen) atoms. The Balaban J connectivity index is 2.02. The summed E-state index contributed by atoms with van der Waals surface area (Å²) in [5, 5.41) is 13.3. The zero-order valence-corrected chi connectivity index (χ0v) is 10.00. The van der Waals surface area contributed by atoms with E-state index >= 15 is 0 Å². The first kappa shape index (κ1) is 11.0. The highest BCUT2D eigenvalue weighted by atomic mass is 32.1. The number of nitrogens with zero attached hydrogens (tertiary/aromatic N) is 3. The van der Waals surface area contributed by atoms with Crippen LogP contribution in [0.15, 0.2) is 24.5 Å². The zero-order chi connectivity index (χ0) is 11.2. The minimum absolute atomic E-state index is 0.882. The van der Waals surface area contributed by atoms with Crippen molar-refractivity contribution in [3.63, 3.8) is 0 Å². The lowest BCUT2D eigenvalue weighted by Crippen LogP contribution is -1.99. The van der Waals surface area contributed by atoms with E-state index < -0.39 is 0 Å². The highest BCUT2D eigenvalue weighted by Crippen LogP contribution is 2.25. The lowest BCUT2D eigenvalue weighted by atomic mass is 10.3. The average Bonchev–Trinajstić information content (AvgIpc) is 2.79. The highest BCUT2D eigenvalue weighted by Gasteiger charge is 2.05. The molecule has 0 spiro atoms. The van der Waals surface area contributed by atoms with E-state index in [0.29, 0.717) is 0 Å². The summed E-state index contributed by atoms with van der Waals surface area (Å²) in [6, 6.07) is 3.89. The SMILES string of the molecule is CCCCNc1nnc(-c2cccnc2)s1. The summed E-state index contributed by atoms with van der Waals surface area (Å²) in [5.74, 6) is 0. The third-order valence-corrected chi connectivity index (χ3v) is 3.07. The largest absolute Gasteiger partial charge is 0.360 e. The maximum atomic E-state index is 4.13. The molecule has 0 saturated heterocycles. The van der Waals surface area contributed by atoms with Crippen LogP contribution >= 0.6 is 11.3 Å². The van der Waals surface area contributed by atoms with Crippen LogP contribution < -0.4 is 5.32 Å². The smallest absolute Gasteiger partial charge is 0.206 e. The first-order chi connectivity index (χ1) is 7.90. The monoisotopic (exact) mass is 234 g/mol. The Hall–Kier alpha value is -1.49. The topological polar surface area (TPSA) is 50.7 Å². The van der Waals surface area contributed by atoms with Gasteiger partial charge in [-0.25, -0.2) is 0 Å². The standard InChI is InChI=1S/C11H14N4S/c1-2-3-7-13-11-15-14-10(16-11)9-5-4-6-12-8-9/h4-6,8H,2-3,7H2,1H3,(H,13,15). The number of hydrogen-bond acceptors (Lipinski definition) is 5. The molecule has 5 heteroatoms. The van der Waals surface area contributed by atoms with Gasteiger partial charge in [0.25, 0.3) is 0 Å². The van der Waals surface area contributed by atoms with Crippen LogP contribution in [-0.4, -0.2) is 21.7 Å². The molecular formula is C11H14N4S. The normalized spacial score (nSPS) is 10.3. The average molecular weight is 234 g/mol. The fraction of sp³-hybridized carbons (Fsp3) is 0.364. The third kappa shape index (κ3) is 2.76. The van der Waals surface area contributed by atoms with E-state index in [1.807, 2.05) is 12.1 Å². The first-order valence-corrected chi connectivity index (χ1v) is 6.19. The molecule has 0 saturated carbocycles. The van der Waals surface area contributed by atoms with Crippen molar-refractivity contribution in [3.05, 3.63) is 24.5 Å². The molecule has 84 valence electrons. The molecule has 0 bridgehead atoms. The fourth-order valence-corrected chi connectivity index (χ4v) is 2.03. The van der Waals surface area contributed by atoms with Gasteiger partial charge in [0.15, 0.2) is 5.01 Å². The molecule has 0 aliphatic carbocycles.